The van der Waals surface area contributed by atoms with Crippen LogP contribution in [0.4, 0.5) is 0 Å². The summed E-state index contributed by atoms with van der Waals surface area (Å²) in [6.07, 6.45) is 0. The number of likely N-dealkylation sites (N-methyl/N-ethyl adjacent to an activating group) is 1. The van der Waals surface area contributed by atoms with Gasteiger partial charge in [-0.05, 0) is 26.6 Å². The Kier molecular flexibility index (Phi) is 5.56. The van der Waals surface area contributed by atoms with Gasteiger partial charge in [0.15, 0.2) is 0 Å². The van der Waals surface area contributed by atoms with E-state index >= 15 is 0 Å². The molecule has 0 amide bonds. The predicted octanol–water partition coefficient (Wildman–Crippen LogP) is 1.59. The monoisotopic (exact) mass is 383 g/mol. The number of carbonyl (C=O) groups is 1. The van der Waals surface area contributed by atoms with Crippen LogP contribution < -0.4 is 16.0 Å². The number of pyridine rings is 1. The molecule has 0 bridgehead atoms. The molecular formula is C21H25N3O4. The molecule has 2 aromatic rings. The van der Waals surface area contributed by atoms with E-state index in [1.165, 1.54) is 7.11 Å². The Bertz CT molecular complexity index is 977. The topological polar surface area (TPSA) is 86.8 Å². The summed E-state index contributed by atoms with van der Waals surface area (Å²) < 4.78 is 12.3. The lowest BCUT2D eigenvalue weighted by molar-refractivity contribution is -0.136. The fourth-order valence-electron chi connectivity index (χ4n) is 3.45. The van der Waals surface area contributed by atoms with Crippen molar-refractivity contribution in [3.05, 3.63) is 75.0 Å². The van der Waals surface area contributed by atoms with Gasteiger partial charge in [0.2, 0.25) is 5.88 Å². The molecule has 1 atom stereocenters. The zero-order chi connectivity index (χ0) is 20.4. The summed E-state index contributed by atoms with van der Waals surface area (Å²) in [4.78, 5) is 27.9. The summed E-state index contributed by atoms with van der Waals surface area (Å²) in [5.74, 6) is -0.937. The first-order chi connectivity index (χ1) is 13.3. The highest BCUT2D eigenvalue weighted by Crippen LogP contribution is 2.41. The van der Waals surface area contributed by atoms with Crippen LogP contribution in [-0.4, -0.2) is 43.2 Å². The average Bonchev–Trinajstić information content (AvgIpc) is 2.66. The quantitative estimate of drug-likeness (QED) is 0.789. The number of rotatable bonds is 5. The second-order valence-electron chi connectivity index (χ2n) is 7.04. The van der Waals surface area contributed by atoms with Gasteiger partial charge in [0.05, 0.1) is 18.6 Å². The Balaban J connectivity index is 2.25. The van der Waals surface area contributed by atoms with E-state index in [1.807, 2.05) is 56.3 Å². The first-order valence-corrected chi connectivity index (χ1v) is 9.05. The number of fused-ring (bicyclic) bond motifs is 1. The number of aromatic nitrogens is 1. The van der Waals surface area contributed by atoms with Crippen molar-refractivity contribution in [1.82, 2.24) is 9.47 Å². The van der Waals surface area contributed by atoms with E-state index in [0.29, 0.717) is 24.4 Å². The number of benzene rings is 1. The number of hydrogen-bond acceptors (Lipinski definition) is 6. The standard InChI is InChI=1S/C21H25N3O4/c1-13-12-15-17(20(25)24(13)11-10-23(2)3)16(14-8-6-5-7-9-14)18(19(22)28-15)21(26)27-4/h5-9,12,16H,10-11,22H2,1-4H3. The zero-order valence-corrected chi connectivity index (χ0v) is 16.6. The van der Waals surface area contributed by atoms with Crippen molar-refractivity contribution in [3.63, 3.8) is 0 Å². The fraction of sp³-hybridized carbons (Fsp3) is 0.333. The van der Waals surface area contributed by atoms with Gasteiger partial charge in [-0.15, -0.1) is 0 Å². The van der Waals surface area contributed by atoms with E-state index in [9.17, 15) is 9.59 Å². The minimum absolute atomic E-state index is 0.0435. The van der Waals surface area contributed by atoms with Crippen molar-refractivity contribution >= 4 is 5.97 Å². The van der Waals surface area contributed by atoms with Gasteiger partial charge in [0.25, 0.3) is 5.56 Å². The number of hydrogen-bond donors (Lipinski definition) is 1. The summed E-state index contributed by atoms with van der Waals surface area (Å²) in [6, 6.07) is 11.1. The second-order valence-corrected chi connectivity index (χ2v) is 7.04. The number of methoxy groups -OCH3 is 1. The molecule has 1 aliphatic heterocycles. The molecule has 0 aliphatic carbocycles. The van der Waals surface area contributed by atoms with Gasteiger partial charge in [-0.1, -0.05) is 30.3 Å². The predicted molar refractivity (Wildman–Crippen MR) is 106 cm³/mol. The van der Waals surface area contributed by atoms with Crippen LogP contribution in [0.25, 0.3) is 0 Å². The molecule has 1 aliphatic rings. The maximum atomic E-state index is 13.4. The summed E-state index contributed by atoms with van der Waals surface area (Å²) in [6.45, 7) is 3.09. The highest BCUT2D eigenvalue weighted by Gasteiger charge is 2.38. The Morgan fingerprint density at radius 2 is 1.96 bits per heavy atom. The largest absolute Gasteiger partial charge is 0.465 e. The molecule has 2 N–H and O–H groups in total. The Morgan fingerprint density at radius 3 is 2.57 bits per heavy atom. The van der Waals surface area contributed by atoms with Crippen LogP contribution in [0.1, 0.15) is 22.7 Å². The molecule has 3 rings (SSSR count). The fourth-order valence-corrected chi connectivity index (χ4v) is 3.45. The van der Waals surface area contributed by atoms with E-state index in [4.69, 9.17) is 15.2 Å². The van der Waals surface area contributed by atoms with Gasteiger partial charge in [-0.25, -0.2) is 4.79 Å². The molecule has 148 valence electrons. The normalized spacial score (nSPS) is 16.0. The van der Waals surface area contributed by atoms with E-state index in [2.05, 4.69) is 0 Å². The third kappa shape index (κ3) is 3.53. The van der Waals surface area contributed by atoms with Crippen LogP contribution >= 0.6 is 0 Å². The smallest absolute Gasteiger partial charge is 0.340 e. The molecule has 1 unspecified atom stereocenters. The molecule has 28 heavy (non-hydrogen) atoms. The van der Waals surface area contributed by atoms with Crippen molar-refractivity contribution in [2.45, 2.75) is 19.4 Å². The molecule has 0 saturated carbocycles. The molecular weight excluding hydrogens is 358 g/mol. The van der Waals surface area contributed by atoms with Crippen molar-refractivity contribution < 1.29 is 14.3 Å². The van der Waals surface area contributed by atoms with E-state index in [1.54, 1.807) is 10.6 Å². The van der Waals surface area contributed by atoms with Crippen LogP contribution in [0.3, 0.4) is 0 Å². The third-order valence-electron chi connectivity index (χ3n) is 4.88. The molecule has 1 aromatic heterocycles. The zero-order valence-electron chi connectivity index (χ0n) is 16.6. The lowest BCUT2D eigenvalue weighted by Gasteiger charge is -2.29. The minimum Gasteiger partial charge on any atom is -0.465 e. The van der Waals surface area contributed by atoms with Gasteiger partial charge >= 0.3 is 5.97 Å². The maximum absolute atomic E-state index is 13.4. The first-order valence-electron chi connectivity index (χ1n) is 9.05. The average molecular weight is 383 g/mol. The molecule has 2 heterocycles. The summed E-state index contributed by atoms with van der Waals surface area (Å²) in [5, 5.41) is 0. The van der Waals surface area contributed by atoms with E-state index < -0.39 is 11.9 Å². The number of nitrogens with zero attached hydrogens (tertiary/aromatic N) is 2. The summed E-state index contributed by atoms with van der Waals surface area (Å²) >= 11 is 0. The van der Waals surface area contributed by atoms with Gasteiger partial charge < -0.3 is 24.7 Å². The maximum Gasteiger partial charge on any atom is 0.340 e. The van der Waals surface area contributed by atoms with Crippen molar-refractivity contribution in [2.24, 2.45) is 5.73 Å². The molecule has 7 nitrogen and oxygen atoms in total. The SMILES string of the molecule is COC(=O)C1=C(N)Oc2cc(C)n(CCN(C)C)c(=O)c2C1c1ccccc1. The highest BCUT2D eigenvalue weighted by atomic mass is 16.5. The number of esters is 1. The van der Waals surface area contributed by atoms with Gasteiger partial charge in [-0.3, -0.25) is 4.79 Å². The van der Waals surface area contributed by atoms with Gasteiger partial charge in [-0.2, -0.15) is 0 Å². The van der Waals surface area contributed by atoms with Crippen LogP contribution in [0.2, 0.25) is 0 Å². The number of carbonyl (C=O) groups excluding carboxylic acids is 1. The Hall–Kier alpha value is -3.06. The van der Waals surface area contributed by atoms with Gasteiger partial charge in [0, 0.05) is 24.8 Å². The molecule has 0 fully saturated rings. The Labute approximate surface area is 164 Å². The number of ether oxygens (including phenoxy) is 2. The number of aryl methyl sites for hydroxylation is 1. The first kappa shape index (κ1) is 19.7. The lowest BCUT2D eigenvalue weighted by Crippen LogP contribution is -2.36. The van der Waals surface area contributed by atoms with E-state index in [0.717, 1.165) is 11.3 Å². The van der Waals surface area contributed by atoms with Crippen LogP contribution in [0.15, 0.2) is 52.6 Å². The second kappa shape index (κ2) is 7.90. The molecule has 1 aromatic carbocycles. The van der Waals surface area contributed by atoms with Crippen LogP contribution in [0, 0.1) is 6.92 Å². The minimum atomic E-state index is -0.656. The van der Waals surface area contributed by atoms with Crippen LogP contribution in [0.5, 0.6) is 5.75 Å². The summed E-state index contributed by atoms with van der Waals surface area (Å²) in [5.41, 5.74) is 7.96. The number of nitrogens with two attached hydrogens (primary N) is 1. The lowest BCUT2D eigenvalue weighted by atomic mass is 9.83. The van der Waals surface area contributed by atoms with Crippen molar-refractivity contribution in [3.8, 4) is 5.75 Å². The molecule has 7 heteroatoms. The van der Waals surface area contributed by atoms with Crippen molar-refractivity contribution in [2.75, 3.05) is 27.7 Å². The molecule has 0 saturated heterocycles. The van der Waals surface area contributed by atoms with Gasteiger partial charge in [0.1, 0.15) is 11.3 Å². The molecule has 0 spiro atoms. The third-order valence-corrected chi connectivity index (χ3v) is 4.88. The highest BCUT2D eigenvalue weighted by molar-refractivity contribution is 5.92. The Morgan fingerprint density at radius 1 is 1.29 bits per heavy atom. The summed E-state index contributed by atoms with van der Waals surface area (Å²) in [7, 11) is 5.19. The molecule has 0 radical (unpaired) electrons. The van der Waals surface area contributed by atoms with E-state index in [-0.39, 0.29) is 17.0 Å². The van der Waals surface area contributed by atoms with Crippen molar-refractivity contribution in [1.29, 1.82) is 0 Å². The van der Waals surface area contributed by atoms with Crippen LogP contribution in [-0.2, 0) is 16.1 Å².